The molecule has 0 bridgehead atoms. The zero-order valence-corrected chi connectivity index (χ0v) is 27.4. The van der Waals surface area contributed by atoms with Crippen molar-refractivity contribution in [2.45, 2.75) is 30.9 Å². The average molecular weight is 723 g/mol. The molecule has 0 unspecified atom stereocenters. The Labute approximate surface area is 290 Å². The summed E-state index contributed by atoms with van der Waals surface area (Å²) in [5.41, 5.74) is 6.00. The van der Waals surface area contributed by atoms with Crippen molar-refractivity contribution in [3.8, 4) is 5.75 Å². The van der Waals surface area contributed by atoms with E-state index in [4.69, 9.17) is 5.73 Å². The lowest BCUT2D eigenvalue weighted by Crippen LogP contribution is -2.71. The maximum absolute atomic E-state index is 13.9. The number of carbonyl (C=O) groups is 5. The number of carboxylic acid groups (broad SMARTS) is 1. The number of oxime groups is 1. The second kappa shape index (κ2) is 14.0. The van der Waals surface area contributed by atoms with Gasteiger partial charge in [0.15, 0.2) is 23.2 Å². The number of pyridine rings is 1. The number of likely N-dealkylation sites (tertiary alicyclic amines) is 1. The van der Waals surface area contributed by atoms with Crippen molar-refractivity contribution in [2.75, 3.05) is 23.3 Å². The number of fused-ring (bicyclic) bond motifs is 1. The first-order valence-corrected chi connectivity index (χ1v) is 16.8. The van der Waals surface area contributed by atoms with Gasteiger partial charge in [-0.05, 0) is 35.8 Å². The van der Waals surface area contributed by atoms with Crippen LogP contribution in [0.5, 0.6) is 5.75 Å². The molecule has 0 radical (unpaired) electrons. The van der Waals surface area contributed by atoms with E-state index in [-0.39, 0.29) is 52.6 Å². The molecule has 3 aliphatic rings. The van der Waals surface area contributed by atoms with Crippen molar-refractivity contribution in [2.24, 2.45) is 5.16 Å². The molecule has 0 aliphatic carbocycles. The van der Waals surface area contributed by atoms with E-state index in [9.17, 15) is 43.8 Å². The molecule has 5 heterocycles. The first-order valence-electron chi connectivity index (χ1n) is 14.8. The lowest BCUT2D eigenvalue weighted by atomic mass is 10.0. The number of thioether (sulfide) groups is 1. The van der Waals surface area contributed by atoms with E-state index in [1.807, 2.05) is 0 Å². The van der Waals surface area contributed by atoms with E-state index in [0.29, 0.717) is 18.5 Å². The largest absolute Gasteiger partial charge is 0.543 e. The molecule has 4 amide bonds. The highest BCUT2D eigenvalue weighted by Crippen LogP contribution is 2.41. The van der Waals surface area contributed by atoms with E-state index < -0.39 is 52.3 Å². The quantitative estimate of drug-likeness (QED) is 0.0338. The number of thiazole rings is 1. The average Bonchev–Trinajstić information content (AvgIpc) is 3.66. The van der Waals surface area contributed by atoms with Crippen molar-refractivity contribution in [3.63, 3.8) is 0 Å². The molecule has 3 aliphatic heterocycles. The smallest absolute Gasteiger partial charge is 0.290 e. The Morgan fingerprint density at radius 1 is 1.22 bits per heavy atom. The third-order valence-corrected chi connectivity index (χ3v) is 9.98. The zero-order chi connectivity index (χ0) is 35.7. The number of rotatable bonds is 10. The molecule has 2 aromatic heterocycles. The number of amides is 4. The normalized spacial score (nSPS) is 19.8. The van der Waals surface area contributed by atoms with Crippen molar-refractivity contribution in [1.29, 1.82) is 0 Å². The van der Waals surface area contributed by atoms with E-state index in [1.165, 1.54) is 35.4 Å². The highest BCUT2D eigenvalue weighted by atomic mass is 32.2. The number of benzene rings is 1. The Balaban J connectivity index is 1.08. The first-order chi connectivity index (χ1) is 23.9. The SMILES string of the molecule is Nc1nc(/C(=N/O)C(=O)N[C@@H]2C(=O)N3C(C(=O)[O-])=C(/C=C4\CCN(Cc5cc[n+](CC(=O)Nc6ccc(O)cc6F)cc5)C4=O)CS[C@H]23)cs1. The molecule has 19 heteroatoms. The van der Waals surface area contributed by atoms with Crippen LogP contribution in [0.1, 0.15) is 17.7 Å². The minimum atomic E-state index is -1.61. The summed E-state index contributed by atoms with van der Waals surface area (Å²) >= 11 is 2.21. The number of phenols is 1. The van der Waals surface area contributed by atoms with Gasteiger partial charge in [0.25, 0.3) is 17.7 Å². The fourth-order valence-corrected chi connectivity index (χ4v) is 7.46. The van der Waals surface area contributed by atoms with E-state index in [1.54, 1.807) is 34.0 Å². The second-order valence-electron chi connectivity index (χ2n) is 11.3. The van der Waals surface area contributed by atoms with Crippen LogP contribution in [-0.2, 0) is 37.1 Å². The molecule has 6 N–H and O–H groups in total. The molecular formula is C31H27FN8O8S2. The molecular weight excluding hydrogens is 696 g/mol. The topological polar surface area (TPSA) is 235 Å². The fraction of sp³-hybridized carbons (Fsp3) is 0.226. The molecule has 16 nitrogen and oxygen atoms in total. The highest BCUT2D eigenvalue weighted by molar-refractivity contribution is 8.00. The molecule has 50 heavy (non-hydrogen) atoms. The number of aliphatic carboxylic acids is 1. The third kappa shape index (κ3) is 6.85. The lowest BCUT2D eigenvalue weighted by Gasteiger charge is -2.50. The van der Waals surface area contributed by atoms with Gasteiger partial charge in [-0.2, -0.15) is 4.57 Å². The number of β-lactam (4-membered cyclic amide) rings is 1. The number of nitrogen functional groups attached to an aromatic ring is 1. The summed E-state index contributed by atoms with van der Waals surface area (Å²) in [6.45, 7) is 0.487. The number of allylic oxidation sites excluding steroid dienone is 1. The number of nitrogens with zero attached hydrogens (tertiary/aromatic N) is 5. The third-order valence-electron chi connectivity index (χ3n) is 8.01. The predicted molar refractivity (Wildman–Crippen MR) is 173 cm³/mol. The summed E-state index contributed by atoms with van der Waals surface area (Å²) < 4.78 is 15.5. The first kappa shape index (κ1) is 34.1. The van der Waals surface area contributed by atoms with Crippen LogP contribution in [0.25, 0.3) is 0 Å². The summed E-state index contributed by atoms with van der Waals surface area (Å²) in [5.74, 6) is -4.96. The highest BCUT2D eigenvalue weighted by Gasteiger charge is 2.53. The number of aromatic hydroxyl groups is 1. The fourth-order valence-electron chi connectivity index (χ4n) is 5.60. The minimum Gasteiger partial charge on any atom is -0.543 e. The van der Waals surface area contributed by atoms with Crippen molar-refractivity contribution >= 4 is 69.2 Å². The Bertz CT molecular complexity index is 2010. The Morgan fingerprint density at radius 3 is 2.64 bits per heavy atom. The number of carbonyl (C=O) groups excluding carboxylic acids is 5. The van der Waals surface area contributed by atoms with Gasteiger partial charge in [0, 0.05) is 48.0 Å². The van der Waals surface area contributed by atoms with Gasteiger partial charge in [0.2, 0.25) is 12.5 Å². The number of nitrogens with two attached hydrogens (primary N) is 1. The standard InChI is InChI=1S/C31H27FN8O8S2/c32-19-10-18(41)1-2-20(19)34-22(42)12-38-6-3-15(4-7-38)11-39-8-5-16(27(39)44)9-17-13-49-29-24(28(45)40(29)25(17)30(46)47)36-26(43)23(37-48)21-14-50-31(33)35-21/h1-4,6-7,9-10,14,24,29H,5,8,11-13H2,(H6-,33,34,35,36,37,41,42,43,46,47,48)/b16-9+/t24-,29-/m1/s1. The van der Waals surface area contributed by atoms with Gasteiger partial charge in [0.05, 0.1) is 17.4 Å². The summed E-state index contributed by atoms with van der Waals surface area (Å²) in [4.78, 5) is 70.2. The molecule has 2 saturated heterocycles. The van der Waals surface area contributed by atoms with Gasteiger partial charge in [-0.25, -0.2) is 9.37 Å². The van der Waals surface area contributed by atoms with Gasteiger partial charge in [0.1, 0.15) is 28.7 Å². The maximum atomic E-state index is 13.9. The second-order valence-corrected chi connectivity index (χ2v) is 13.3. The summed E-state index contributed by atoms with van der Waals surface area (Å²) in [6, 6.07) is 5.73. The van der Waals surface area contributed by atoms with Crippen LogP contribution in [0.15, 0.2) is 76.2 Å². The molecule has 3 aromatic rings. The Morgan fingerprint density at radius 2 is 1.98 bits per heavy atom. The monoisotopic (exact) mass is 722 g/mol. The van der Waals surface area contributed by atoms with Crippen molar-refractivity contribution in [1.82, 2.24) is 20.1 Å². The van der Waals surface area contributed by atoms with Gasteiger partial charge in [-0.3, -0.25) is 24.1 Å². The van der Waals surface area contributed by atoms with E-state index in [0.717, 1.165) is 27.9 Å². The maximum Gasteiger partial charge on any atom is 0.290 e. The van der Waals surface area contributed by atoms with Crippen LogP contribution in [0.4, 0.5) is 15.2 Å². The van der Waals surface area contributed by atoms with Crippen LogP contribution >= 0.6 is 23.1 Å². The molecule has 1 aromatic carbocycles. The predicted octanol–water partition coefficient (Wildman–Crippen LogP) is -0.563. The molecule has 0 saturated carbocycles. The molecule has 258 valence electrons. The van der Waals surface area contributed by atoms with Gasteiger partial charge in [-0.15, -0.1) is 23.1 Å². The molecule has 2 atom stereocenters. The Kier molecular flexibility index (Phi) is 9.51. The van der Waals surface area contributed by atoms with Crippen LogP contribution in [0.3, 0.4) is 0 Å². The molecule has 6 rings (SSSR count). The number of aromatic nitrogens is 2. The van der Waals surface area contributed by atoms with Crippen LogP contribution < -0.4 is 26.0 Å². The van der Waals surface area contributed by atoms with Crippen LogP contribution in [-0.4, -0.2) is 84.1 Å². The number of hydrogen-bond acceptors (Lipinski definition) is 13. The number of carboxylic acids is 1. The molecule has 2 fully saturated rings. The number of halogens is 1. The number of anilines is 2. The summed E-state index contributed by atoms with van der Waals surface area (Å²) in [7, 11) is 0. The van der Waals surface area contributed by atoms with Gasteiger partial charge in [-0.1, -0.05) is 5.16 Å². The lowest BCUT2D eigenvalue weighted by molar-refractivity contribution is -0.684. The summed E-state index contributed by atoms with van der Waals surface area (Å²) in [6.07, 6.45) is 5.07. The number of nitrogens with one attached hydrogen (secondary N) is 2. The van der Waals surface area contributed by atoms with Crippen molar-refractivity contribution < 1.29 is 48.4 Å². The van der Waals surface area contributed by atoms with Crippen molar-refractivity contribution in [3.05, 3.63) is 88.1 Å². The van der Waals surface area contributed by atoms with Crippen LogP contribution in [0, 0.1) is 5.82 Å². The molecule has 0 spiro atoms. The van der Waals surface area contributed by atoms with Crippen LogP contribution in [0.2, 0.25) is 0 Å². The zero-order valence-electron chi connectivity index (χ0n) is 25.7. The van der Waals surface area contributed by atoms with Gasteiger partial charge >= 0.3 is 0 Å². The van der Waals surface area contributed by atoms with E-state index in [2.05, 4.69) is 20.8 Å². The Hall–Kier alpha value is -5.82. The number of phenolic OH excluding ortho intramolecular Hbond substituents is 1. The van der Waals surface area contributed by atoms with Gasteiger partial charge < -0.3 is 41.5 Å². The minimum absolute atomic E-state index is 0.00821. The number of hydrogen-bond donors (Lipinski definition) is 5. The summed E-state index contributed by atoms with van der Waals surface area (Å²) in [5, 5.41) is 39.5. The van der Waals surface area contributed by atoms with E-state index >= 15 is 0 Å².